The average Bonchev–Trinajstić information content (AvgIpc) is 2.58. The standard InChI is InChI=1S/C10H13N3O2S/c1-6(2)7-3-4-9-8(5-7)10(13-12-9)16(11,14)15/h3-6H,1-2H3,(H,12,13)(H2,11,14,15). The molecule has 0 radical (unpaired) electrons. The van der Waals surface area contributed by atoms with Gasteiger partial charge in [0.15, 0.2) is 5.03 Å². The van der Waals surface area contributed by atoms with E-state index in [0.29, 0.717) is 16.8 Å². The van der Waals surface area contributed by atoms with E-state index in [0.717, 1.165) is 5.56 Å². The topological polar surface area (TPSA) is 88.8 Å². The van der Waals surface area contributed by atoms with Gasteiger partial charge in [-0.1, -0.05) is 19.9 Å². The summed E-state index contributed by atoms with van der Waals surface area (Å²) in [5.41, 5.74) is 1.66. The van der Waals surface area contributed by atoms with Crippen molar-refractivity contribution < 1.29 is 8.42 Å². The molecule has 0 atom stereocenters. The number of nitrogens with one attached hydrogen (secondary N) is 1. The monoisotopic (exact) mass is 239 g/mol. The van der Waals surface area contributed by atoms with Crippen molar-refractivity contribution in [3.8, 4) is 0 Å². The van der Waals surface area contributed by atoms with Gasteiger partial charge in [-0.15, -0.1) is 0 Å². The Kier molecular flexibility index (Phi) is 2.47. The maximum Gasteiger partial charge on any atom is 0.255 e. The zero-order valence-corrected chi connectivity index (χ0v) is 9.88. The quantitative estimate of drug-likeness (QED) is 0.828. The van der Waals surface area contributed by atoms with Gasteiger partial charge in [-0.2, -0.15) is 5.10 Å². The Morgan fingerprint density at radius 1 is 1.38 bits per heavy atom. The van der Waals surface area contributed by atoms with Crippen molar-refractivity contribution in [1.29, 1.82) is 0 Å². The first-order valence-corrected chi connectivity index (χ1v) is 6.45. The molecule has 1 aromatic heterocycles. The molecule has 2 aromatic rings. The van der Waals surface area contributed by atoms with Crippen LogP contribution in [0.5, 0.6) is 0 Å². The van der Waals surface area contributed by atoms with E-state index in [1.54, 1.807) is 6.07 Å². The van der Waals surface area contributed by atoms with Crippen LogP contribution in [0.4, 0.5) is 0 Å². The predicted molar refractivity (Wildman–Crippen MR) is 61.6 cm³/mol. The zero-order valence-electron chi connectivity index (χ0n) is 9.06. The van der Waals surface area contributed by atoms with Crippen molar-refractivity contribution in [3.63, 3.8) is 0 Å². The van der Waals surface area contributed by atoms with E-state index in [9.17, 15) is 8.42 Å². The highest BCUT2D eigenvalue weighted by atomic mass is 32.2. The van der Waals surface area contributed by atoms with Crippen LogP contribution in [0.2, 0.25) is 0 Å². The van der Waals surface area contributed by atoms with Crippen LogP contribution in [0.25, 0.3) is 10.9 Å². The highest BCUT2D eigenvalue weighted by molar-refractivity contribution is 7.89. The van der Waals surface area contributed by atoms with Gasteiger partial charge < -0.3 is 0 Å². The number of nitrogens with zero attached hydrogens (tertiary/aromatic N) is 1. The first-order chi connectivity index (χ1) is 7.39. The number of nitrogens with two attached hydrogens (primary N) is 1. The number of H-pyrrole nitrogens is 1. The fourth-order valence-corrected chi connectivity index (χ4v) is 2.22. The summed E-state index contributed by atoms with van der Waals surface area (Å²) >= 11 is 0. The van der Waals surface area contributed by atoms with Crippen LogP contribution in [-0.4, -0.2) is 18.6 Å². The number of sulfonamides is 1. The predicted octanol–water partition coefficient (Wildman–Crippen LogP) is 1.33. The number of primary sulfonamides is 1. The molecule has 0 bridgehead atoms. The van der Waals surface area contributed by atoms with E-state index >= 15 is 0 Å². The SMILES string of the molecule is CC(C)c1ccc2n[nH]c(S(N)(=O)=O)c2c1. The molecule has 0 saturated heterocycles. The molecule has 0 fully saturated rings. The molecule has 3 N–H and O–H groups in total. The van der Waals surface area contributed by atoms with Crippen LogP contribution in [-0.2, 0) is 10.0 Å². The molecule has 5 nitrogen and oxygen atoms in total. The lowest BCUT2D eigenvalue weighted by Gasteiger charge is -2.04. The minimum atomic E-state index is -3.75. The number of aromatic amines is 1. The third kappa shape index (κ3) is 1.81. The summed E-state index contributed by atoms with van der Waals surface area (Å²) in [4.78, 5) is 0. The van der Waals surface area contributed by atoms with Gasteiger partial charge in [-0.3, -0.25) is 5.10 Å². The van der Waals surface area contributed by atoms with Crippen LogP contribution in [0, 0.1) is 0 Å². The normalized spacial score (nSPS) is 12.5. The molecule has 1 aromatic carbocycles. The van der Waals surface area contributed by atoms with E-state index in [-0.39, 0.29) is 5.03 Å². The Balaban J connectivity index is 2.75. The lowest BCUT2D eigenvalue weighted by Crippen LogP contribution is -2.12. The van der Waals surface area contributed by atoms with Crippen molar-refractivity contribution in [2.24, 2.45) is 5.14 Å². The maximum atomic E-state index is 11.3. The number of hydrogen-bond acceptors (Lipinski definition) is 3. The summed E-state index contributed by atoms with van der Waals surface area (Å²) in [5, 5.41) is 12.0. The van der Waals surface area contributed by atoms with Gasteiger partial charge in [0.2, 0.25) is 0 Å². The summed E-state index contributed by atoms with van der Waals surface area (Å²) in [6, 6.07) is 5.53. The molecule has 0 spiro atoms. The van der Waals surface area contributed by atoms with Gasteiger partial charge in [0.05, 0.1) is 5.52 Å². The first-order valence-electron chi connectivity index (χ1n) is 4.90. The van der Waals surface area contributed by atoms with Gasteiger partial charge in [-0.25, -0.2) is 13.6 Å². The molecule has 0 aliphatic rings. The summed E-state index contributed by atoms with van der Waals surface area (Å²) in [6.45, 7) is 4.08. The molecular weight excluding hydrogens is 226 g/mol. The number of fused-ring (bicyclic) bond motifs is 1. The third-order valence-corrected chi connectivity index (χ3v) is 3.37. The number of benzene rings is 1. The fourth-order valence-electron chi connectivity index (χ4n) is 1.58. The van der Waals surface area contributed by atoms with Gasteiger partial charge in [-0.05, 0) is 23.6 Å². The Morgan fingerprint density at radius 3 is 2.62 bits per heavy atom. The average molecular weight is 239 g/mol. The maximum absolute atomic E-state index is 11.3. The van der Waals surface area contributed by atoms with E-state index in [1.165, 1.54) is 0 Å². The Bertz CT molecular complexity index is 629. The van der Waals surface area contributed by atoms with E-state index in [2.05, 4.69) is 10.2 Å². The smallest absolute Gasteiger partial charge is 0.255 e. The van der Waals surface area contributed by atoms with Gasteiger partial charge in [0.25, 0.3) is 10.0 Å². The zero-order chi connectivity index (χ0) is 11.9. The van der Waals surface area contributed by atoms with Crippen LogP contribution in [0.1, 0.15) is 25.3 Å². The van der Waals surface area contributed by atoms with Crippen molar-refractivity contribution >= 4 is 20.9 Å². The Hall–Kier alpha value is -1.40. The number of aromatic nitrogens is 2. The lowest BCUT2D eigenvalue weighted by molar-refractivity contribution is 0.594. The van der Waals surface area contributed by atoms with Crippen LogP contribution < -0.4 is 5.14 Å². The second-order valence-electron chi connectivity index (χ2n) is 4.03. The van der Waals surface area contributed by atoms with E-state index < -0.39 is 10.0 Å². The Morgan fingerprint density at radius 2 is 2.06 bits per heavy atom. The molecule has 0 saturated carbocycles. The molecule has 0 amide bonds. The van der Waals surface area contributed by atoms with Crippen LogP contribution in [0.15, 0.2) is 23.2 Å². The van der Waals surface area contributed by atoms with E-state index in [1.807, 2.05) is 26.0 Å². The molecule has 6 heteroatoms. The van der Waals surface area contributed by atoms with Crippen molar-refractivity contribution in [3.05, 3.63) is 23.8 Å². The second kappa shape index (κ2) is 3.57. The highest BCUT2D eigenvalue weighted by Gasteiger charge is 2.16. The molecule has 2 rings (SSSR count). The molecule has 0 aliphatic heterocycles. The molecular formula is C10H13N3O2S. The van der Waals surface area contributed by atoms with E-state index in [4.69, 9.17) is 5.14 Å². The summed E-state index contributed by atoms with van der Waals surface area (Å²) in [5.74, 6) is 0.327. The minimum absolute atomic E-state index is 0.0231. The molecule has 86 valence electrons. The number of rotatable bonds is 2. The molecule has 16 heavy (non-hydrogen) atoms. The van der Waals surface area contributed by atoms with Gasteiger partial charge >= 0.3 is 0 Å². The Labute approximate surface area is 93.7 Å². The van der Waals surface area contributed by atoms with Gasteiger partial charge in [0.1, 0.15) is 0 Å². The first kappa shape index (κ1) is 11.1. The fraction of sp³-hybridized carbons (Fsp3) is 0.300. The molecule has 1 heterocycles. The lowest BCUT2D eigenvalue weighted by atomic mass is 10.0. The summed E-state index contributed by atoms with van der Waals surface area (Å²) < 4.78 is 22.6. The summed E-state index contributed by atoms with van der Waals surface area (Å²) in [6.07, 6.45) is 0. The number of hydrogen-bond donors (Lipinski definition) is 2. The van der Waals surface area contributed by atoms with Gasteiger partial charge in [0, 0.05) is 5.39 Å². The minimum Gasteiger partial charge on any atom is -0.265 e. The third-order valence-electron chi connectivity index (χ3n) is 2.49. The molecule has 0 unspecified atom stereocenters. The molecule has 0 aliphatic carbocycles. The second-order valence-corrected chi connectivity index (χ2v) is 5.53. The van der Waals surface area contributed by atoms with Crippen LogP contribution >= 0.6 is 0 Å². The van der Waals surface area contributed by atoms with Crippen molar-refractivity contribution in [2.75, 3.05) is 0 Å². The largest absolute Gasteiger partial charge is 0.265 e. The highest BCUT2D eigenvalue weighted by Crippen LogP contribution is 2.24. The van der Waals surface area contributed by atoms with Crippen molar-refractivity contribution in [2.45, 2.75) is 24.8 Å². The summed E-state index contributed by atoms with van der Waals surface area (Å²) in [7, 11) is -3.75. The van der Waals surface area contributed by atoms with Crippen LogP contribution in [0.3, 0.4) is 0 Å². The van der Waals surface area contributed by atoms with Crippen molar-refractivity contribution in [1.82, 2.24) is 10.2 Å².